The lowest BCUT2D eigenvalue weighted by Gasteiger charge is -2.26. The fraction of sp³-hybridized carbons (Fsp3) is 0.474. The fourth-order valence-electron chi connectivity index (χ4n) is 2.98. The van der Waals surface area contributed by atoms with Gasteiger partial charge in [-0.3, -0.25) is 14.6 Å². The van der Waals surface area contributed by atoms with E-state index < -0.39 is 0 Å². The predicted molar refractivity (Wildman–Crippen MR) is 119 cm³/mol. The van der Waals surface area contributed by atoms with E-state index in [-0.39, 0.29) is 24.0 Å². The van der Waals surface area contributed by atoms with Gasteiger partial charge in [-0.25, -0.2) is 0 Å². The Bertz CT molecular complexity index is 685. The molecule has 0 atom stereocenters. The molecule has 1 aromatic heterocycles. The number of halogens is 1. The van der Waals surface area contributed by atoms with Crippen molar-refractivity contribution in [3.05, 3.63) is 53.9 Å². The van der Waals surface area contributed by atoms with Gasteiger partial charge in [-0.05, 0) is 17.2 Å². The summed E-state index contributed by atoms with van der Waals surface area (Å²) in [6.45, 7) is 7.09. The second kappa shape index (κ2) is 11.9. The summed E-state index contributed by atoms with van der Waals surface area (Å²) in [5, 5.41) is 11.0. The van der Waals surface area contributed by atoms with Gasteiger partial charge in [-0.2, -0.15) is 5.10 Å². The van der Waals surface area contributed by atoms with Gasteiger partial charge in [0.1, 0.15) is 0 Å². The molecule has 7 nitrogen and oxygen atoms in total. The summed E-state index contributed by atoms with van der Waals surface area (Å²) in [5.74, 6) is 0.829. The normalized spacial score (nSPS) is 15.2. The van der Waals surface area contributed by atoms with Crippen LogP contribution in [-0.4, -0.2) is 67.1 Å². The maximum absolute atomic E-state index is 5.37. The summed E-state index contributed by atoms with van der Waals surface area (Å²) in [4.78, 5) is 6.71. The van der Waals surface area contributed by atoms with Crippen LogP contribution in [0.4, 0.5) is 0 Å². The number of aromatic nitrogens is 2. The molecule has 3 rings (SSSR count). The third kappa shape index (κ3) is 7.47. The smallest absolute Gasteiger partial charge is 0.191 e. The van der Waals surface area contributed by atoms with Crippen molar-refractivity contribution in [3.63, 3.8) is 0 Å². The van der Waals surface area contributed by atoms with Gasteiger partial charge in [0.25, 0.3) is 0 Å². The Morgan fingerprint density at radius 3 is 2.74 bits per heavy atom. The quantitative estimate of drug-likeness (QED) is 0.355. The molecule has 8 heteroatoms. The Labute approximate surface area is 178 Å². The van der Waals surface area contributed by atoms with Crippen LogP contribution in [0, 0.1) is 0 Å². The zero-order chi connectivity index (χ0) is 18.0. The summed E-state index contributed by atoms with van der Waals surface area (Å²) in [5.41, 5.74) is 2.47. The van der Waals surface area contributed by atoms with Crippen LogP contribution in [0.15, 0.2) is 47.7 Å². The van der Waals surface area contributed by atoms with Crippen molar-refractivity contribution in [3.8, 4) is 0 Å². The predicted octanol–water partition coefficient (Wildman–Crippen LogP) is 1.55. The molecule has 1 saturated heterocycles. The number of hydrogen-bond acceptors (Lipinski definition) is 4. The molecule has 2 aromatic rings. The lowest BCUT2D eigenvalue weighted by molar-refractivity contribution is 0.0389. The van der Waals surface area contributed by atoms with Crippen LogP contribution in [0.2, 0.25) is 0 Å². The zero-order valence-corrected chi connectivity index (χ0v) is 18.1. The summed E-state index contributed by atoms with van der Waals surface area (Å²) in [7, 11) is 1.80. The molecule has 1 aromatic carbocycles. The molecule has 1 aliphatic rings. The van der Waals surface area contributed by atoms with Gasteiger partial charge in [0.15, 0.2) is 5.96 Å². The molecule has 27 heavy (non-hydrogen) atoms. The van der Waals surface area contributed by atoms with Gasteiger partial charge in [-0.1, -0.05) is 24.3 Å². The topological polar surface area (TPSA) is 66.7 Å². The molecular formula is C19H29IN6O. The number of morpholine rings is 1. The SMILES string of the molecule is CN=C(NCCN1CCOCC1)NCc1cccc(Cn2cccn2)c1.I. The lowest BCUT2D eigenvalue weighted by Crippen LogP contribution is -2.44. The molecule has 2 heterocycles. The molecule has 0 unspecified atom stereocenters. The first-order chi connectivity index (χ1) is 12.8. The number of hydrogen-bond donors (Lipinski definition) is 2. The zero-order valence-electron chi connectivity index (χ0n) is 15.8. The molecular weight excluding hydrogens is 455 g/mol. The standard InChI is InChI=1S/C19H28N6O.HI/c1-20-19(21-7-9-24-10-12-26-13-11-24)22-15-17-4-2-5-18(14-17)16-25-8-3-6-23-25;/h2-6,8,14H,7,9-13,15-16H2,1H3,(H2,20,21,22);1H. The minimum absolute atomic E-state index is 0. The Morgan fingerprint density at radius 2 is 2.00 bits per heavy atom. The first-order valence-corrected chi connectivity index (χ1v) is 9.13. The van der Waals surface area contributed by atoms with Gasteiger partial charge in [-0.15, -0.1) is 24.0 Å². The first-order valence-electron chi connectivity index (χ1n) is 9.13. The van der Waals surface area contributed by atoms with E-state index >= 15 is 0 Å². The average Bonchev–Trinajstić information content (AvgIpc) is 3.18. The van der Waals surface area contributed by atoms with E-state index in [0.29, 0.717) is 0 Å². The molecule has 0 aliphatic carbocycles. The maximum Gasteiger partial charge on any atom is 0.191 e. The number of rotatable bonds is 7. The van der Waals surface area contributed by atoms with Crippen molar-refractivity contribution in [1.82, 2.24) is 25.3 Å². The molecule has 148 valence electrons. The highest BCUT2D eigenvalue weighted by Gasteiger charge is 2.09. The molecule has 0 spiro atoms. The summed E-state index contributed by atoms with van der Waals surface area (Å²) < 4.78 is 7.30. The average molecular weight is 484 g/mol. The van der Waals surface area contributed by atoms with Crippen LogP contribution in [-0.2, 0) is 17.8 Å². The molecule has 0 bridgehead atoms. The Kier molecular flexibility index (Phi) is 9.57. The number of benzene rings is 1. The monoisotopic (exact) mass is 484 g/mol. The Balaban J connectivity index is 0.00000261. The Morgan fingerprint density at radius 1 is 1.19 bits per heavy atom. The van der Waals surface area contributed by atoms with Crippen molar-refractivity contribution in [2.45, 2.75) is 13.1 Å². The minimum Gasteiger partial charge on any atom is -0.379 e. The summed E-state index contributed by atoms with van der Waals surface area (Å²) in [6.07, 6.45) is 3.78. The van der Waals surface area contributed by atoms with Crippen LogP contribution >= 0.6 is 24.0 Å². The van der Waals surface area contributed by atoms with Crippen molar-refractivity contribution in [2.24, 2.45) is 4.99 Å². The highest BCUT2D eigenvalue weighted by molar-refractivity contribution is 14.0. The molecule has 0 amide bonds. The summed E-state index contributed by atoms with van der Waals surface area (Å²) in [6, 6.07) is 10.5. The van der Waals surface area contributed by atoms with Gasteiger partial charge in [0.05, 0.1) is 19.8 Å². The second-order valence-electron chi connectivity index (χ2n) is 6.33. The van der Waals surface area contributed by atoms with Crippen LogP contribution in [0.1, 0.15) is 11.1 Å². The summed E-state index contributed by atoms with van der Waals surface area (Å²) >= 11 is 0. The van der Waals surface area contributed by atoms with E-state index in [2.05, 4.69) is 49.9 Å². The van der Waals surface area contributed by atoms with Crippen LogP contribution in [0.5, 0.6) is 0 Å². The highest BCUT2D eigenvalue weighted by atomic mass is 127. The van der Waals surface area contributed by atoms with Gasteiger partial charge < -0.3 is 15.4 Å². The van der Waals surface area contributed by atoms with Gasteiger partial charge in [0.2, 0.25) is 0 Å². The van der Waals surface area contributed by atoms with E-state index in [9.17, 15) is 0 Å². The van der Waals surface area contributed by atoms with Crippen molar-refractivity contribution < 1.29 is 4.74 Å². The largest absolute Gasteiger partial charge is 0.379 e. The van der Waals surface area contributed by atoms with Crippen LogP contribution < -0.4 is 10.6 Å². The third-order valence-corrected chi connectivity index (χ3v) is 4.40. The first kappa shape index (κ1) is 21.6. The van der Waals surface area contributed by atoms with Crippen molar-refractivity contribution in [1.29, 1.82) is 0 Å². The number of nitrogens with one attached hydrogen (secondary N) is 2. The number of ether oxygens (including phenoxy) is 1. The second-order valence-corrected chi connectivity index (χ2v) is 6.33. The highest BCUT2D eigenvalue weighted by Crippen LogP contribution is 2.07. The number of guanidine groups is 1. The number of aliphatic imine (C=N–C) groups is 1. The van der Waals surface area contributed by atoms with Crippen molar-refractivity contribution >= 4 is 29.9 Å². The molecule has 1 aliphatic heterocycles. The van der Waals surface area contributed by atoms with Gasteiger partial charge >= 0.3 is 0 Å². The van der Waals surface area contributed by atoms with Gasteiger partial charge in [0, 0.05) is 52.2 Å². The lowest BCUT2D eigenvalue weighted by atomic mass is 10.1. The van der Waals surface area contributed by atoms with E-state index in [1.165, 1.54) is 11.1 Å². The Hall–Kier alpha value is -1.65. The molecule has 1 fully saturated rings. The van der Waals surface area contributed by atoms with Crippen LogP contribution in [0.3, 0.4) is 0 Å². The molecule has 2 N–H and O–H groups in total. The molecule has 0 saturated carbocycles. The van der Waals surface area contributed by atoms with E-state index in [1.807, 2.05) is 16.9 Å². The third-order valence-electron chi connectivity index (χ3n) is 4.40. The number of nitrogens with zero attached hydrogens (tertiary/aromatic N) is 4. The minimum atomic E-state index is 0. The van der Waals surface area contributed by atoms with E-state index in [4.69, 9.17) is 4.74 Å². The van der Waals surface area contributed by atoms with Crippen molar-refractivity contribution in [2.75, 3.05) is 46.4 Å². The molecule has 0 radical (unpaired) electrons. The maximum atomic E-state index is 5.37. The van der Waals surface area contributed by atoms with E-state index in [0.717, 1.165) is 58.4 Å². The fourth-order valence-corrected chi connectivity index (χ4v) is 2.98. The van der Waals surface area contributed by atoms with E-state index in [1.54, 1.807) is 13.2 Å². The van der Waals surface area contributed by atoms with Crippen LogP contribution in [0.25, 0.3) is 0 Å².